The van der Waals surface area contributed by atoms with Crippen molar-refractivity contribution in [3.63, 3.8) is 0 Å². The fourth-order valence-corrected chi connectivity index (χ4v) is 1.80. The lowest BCUT2D eigenvalue weighted by Crippen LogP contribution is -2.34. The van der Waals surface area contributed by atoms with Gasteiger partial charge in [0, 0.05) is 0 Å². The minimum atomic E-state index is -5.16. The van der Waals surface area contributed by atoms with Crippen LogP contribution in [0.25, 0.3) is 0 Å². The van der Waals surface area contributed by atoms with Gasteiger partial charge in [0.2, 0.25) is 0 Å². The number of ether oxygens (including phenoxy) is 1. The van der Waals surface area contributed by atoms with Crippen LogP contribution in [0, 0.1) is 12.7 Å². The second-order valence-corrected chi connectivity index (χ2v) is 4.54. The highest BCUT2D eigenvalue weighted by Crippen LogP contribution is 2.20. The second-order valence-electron chi connectivity index (χ2n) is 4.54. The van der Waals surface area contributed by atoms with E-state index >= 15 is 0 Å². The zero-order valence-corrected chi connectivity index (χ0v) is 10.7. The van der Waals surface area contributed by atoms with Crippen LogP contribution >= 0.6 is 0 Å². The molecule has 0 unspecified atom stereocenters. The lowest BCUT2D eigenvalue weighted by atomic mass is 9.80. The molecule has 0 aliphatic rings. The standard InChI is InChI=1S/C14H12BF4O/c1-10-3-2-4-11(7-10)9-20-14-8-12(15(17,18)19)5-6-13(14)16/h2-8H,9H2,1H3/q-1. The monoisotopic (exact) mass is 283 g/mol. The highest BCUT2D eigenvalue weighted by molar-refractivity contribution is 6.73. The van der Waals surface area contributed by atoms with Gasteiger partial charge in [-0.1, -0.05) is 35.9 Å². The molecule has 0 atom stereocenters. The third-order valence-electron chi connectivity index (χ3n) is 2.81. The van der Waals surface area contributed by atoms with E-state index in [0.29, 0.717) is 6.07 Å². The lowest BCUT2D eigenvalue weighted by Gasteiger charge is -2.16. The molecule has 0 radical (unpaired) electrons. The average molecular weight is 283 g/mol. The summed E-state index contributed by atoms with van der Waals surface area (Å²) >= 11 is 0. The first-order valence-corrected chi connectivity index (χ1v) is 6.04. The van der Waals surface area contributed by atoms with Crippen molar-refractivity contribution < 1.29 is 22.1 Å². The molecule has 0 amide bonds. The molecular formula is C14H12BF4O-. The predicted octanol–water partition coefficient (Wildman–Crippen LogP) is 3.77. The highest BCUT2D eigenvalue weighted by atomic mass is 19.4. The summed E-state index contributed by atoms with van der Waals surface area (Å²) in [6, 6.07) is 9.48. The van der Waals surface area contributed by atoms with Gasteiger partial charge in [-0.2, -0.15) is 0 Å². The summed E-state index contributed by atoms with van der Waals surface area (Å²) < 4.78 is 56.4. The smallest absolute Gasteiger partial charge is 0.486 e. The Morgan fingerprint density at radius 3 is 2.45 bits per heavy atom. The van der Waals surface area contributed by atoms with Gasteiger partial charge in [-0.25, -0.2) is 4.39 Å². The molecule has 0 bridgehead atoms. The van der Waals surface area contributed by atoms with Crippen LogP contribution < -0.4 is 10.2 Å². The van der Waals surface area contributed by atoms with Crippen LogP contribution in [0.5, 0.6) is 5.75 Å². The Labute approximate surface area is 114 Å². The first-order valence-electron chi connectivity index (χ1n) is 6.04. The Kier molecular flexibility index (Phi) is 4.02. The van der Waals surface area contributed by atoms with E-state index in [-0.39, 0.29) is 12.4 Å². The third kappa shape index (κ3) is 3.53. The van der Waals surface area contributed by atoms with E-state index in [9.17, 15) is 17.3 Å². The average Bonchev–Trinajstić information content (AvgIpc) is 2.36. The number of hydrogen-bond donors (Lipinski definition) is 0. The maximum Gasteiger partial charge on any atom is 0.509 e. The summed E-state index contributed by atoms with van der Waals surface area (Å²) in [6.07, 6.45) is 0. The van der Waals surface area contributed by atoms with Crippen molar-refractivity contribution in [3.05, 3.63) is 59.4 Å². The van der Waals surface area contributed by atoms with Crippen LogP contribution in [0.15, 0.2) is 42.5 Å². The van der Waals surface area contributed by atoms with Crippen molar-refractivity contribution in [2.75, 3.05) is 0 Å². The summed E-state index contributed by atoms with van der Waals surface area (Å²) in [4.78, 5) is 0. The molecule has 0 aliphatic carbocycles. The summed E-state index contributed by atoms with van der Waals surface area (Å²) in [5, 5.41) is 0. The molecule has 0 heterocycles. The van der Waals surface area contributed by atoms with Crippen molar-refractivity contribution in [2.24, 2.45) is 0 Å². The molecule has 0 aliphatic heterocycles. The lowest BCUT2D eigenvalue weighted by molar-refractivity contribution is 0.290. The van der Waals surface area contributed by atoms with Crippen molar-refractivity contribution in [1.82, 2.24) is 0 Å². The number of hydrogen-bond acceptors (Lipinski definition) is 1. The fraction of sp³-hybridized carbons (Fsp3) is 0.143. The van der Waals surface area contributed by atoms with E-state index < -0.39 is 18.3 Å². The van der Waals surface area contributed by atoms with Gasteiger partial charge in [0.15, 0.2) is 11.6 Å². The maximum absolute atomic E-state index is 13.5. The van der Waals surface area contributed by atoms with E-state index in [1.807, 2.05) is 19.1 Å². The van der Waals surface area contributed by atoms with Gasteiger partial charge in [-0.3, -0.25) is 0 Å². The van der Waals surface area contributed by atoms with Crippen LogP contribution in [0.1, 0.15) is 11.1 Å². The molecule has 0 fully saturated rings. The molecule has 0 saturated carbocycles. The number of rotatable bonds is 4. The molecular weight excluding hydrogens is 271 g/mol. The van der Waals surface area contributed by atoms with Gasteiger partial charge < -0.3 is 17.7 Å². The third-order valence-corrected chi connectivity index (χ3v) is 2.81. The largest absolute Gasteiger partial charge is 0.509 e. The summed E-state index contributed by atoms with van der Waals surface area (Å²) in [6.45, 7) is -3.26. The van der Waals surface area contributed by atoms with Crippen molar-refractivity contribution in [1.29, 1.82) is 0 Å². The Hall–Kier alpha value is -1.98. The molecule has 20 heavy (non-hydrogen) atoms. The molecule has 106 valence electrons. The quantitative estimate of drug-likeness (QED) is 0.613. The number of halogens is 4. The Balaban J connectivity index is 2.17. The molecule has 6 heteroatoms. The van der Waals surface area contributed by atoms with Gasteiger partial charge in [-0.15, -0.1) is 5.46 Å². The zero-order valence-electron chi connectivity index (χ0n) is 10.7. The molecule has 2 aromatic rings. The van der Waals surface area contributed by atoms with Gasteiger partial charge in [0.05, 0.1) is 0 Å². The minimum absolute atomic E-state index is 0.0207. The molecule has 1 nitrogen and oxygen atoms in total. The fourth-order valence-electron chi connectivity index (χ4n) is 1.80. The van der Waals surface area contributed by atoms with Gasteiger partial charge >= 0.3 is 6.98 Å². The van der Waals surface area contributed by atoms with Gasteiger partial charge in [0.25, 0.3) is 0 Å². The van der Waals surface area contributed by atoms with E-state index in [0.717, 1.165) is 23.3 Å². The van der Waals surface area contributed by atoms with Crippen molar-refractivity contribution in [3.8, 4) is 5.75 Å². The minimum Gasteiger partial charge on any atom is -0.486 e. The van der Waals surface area contributed by atoms with Crippen LogP contribution in [0.4, 0.5) is 17.3 Å². The maximum atomic E-state index is 13.5. The van der Waals surface area contributed by atoms with Gasteiger partial charge in [0.1, 0.15) is 6.61 Å². The first kappa shape index (κ1) is 14.4. The molecule has 0 aromatic heterocycles. The molecule has 0 N–H and O–H groups in total. The summed E-state index contributed by atoms with van der Waals surface area (Å²) in [5.74, 6) is -1.19. The molecule has 0 spiro atoms. The number of aryl methyl sites for hydroxylation is 1. The second kappa shape index (κ2) is 5.57. The van der Waals surface area contributed by atoms with E-state index in [4.69, 9.17) is 4.74 Å². The Bertz CT molecular complexity index is 610. The SMILES string of the molecule is Cc1cccc(COc2cc([B-](F)(F)F)ccc2F)c1. The van der Waals surface area contributed by atoms with Crippen molar-refractivity contribution in [2.45, 2.75) is 13.5 Å². The molecule has 0 saturated heterocycles. The summed E-state index contributed by atoms with van der Waals surface area (Å²) in [7, 11) is 0. The molecule has 2 aromatic carbocycles. The van der Waals surface area contributed by atoms with Crippen LogP contribution in [-0.2, 0) is 6.61 Å². The molecule has 2 rings (SSSR count). The van der Waals surface area contributed by atoms with Gasteiger partial charge in [-0.05, 0) is 24.6 Å². The van der Waals surface area contributed by atoms with E-state index in [1.165, 1.54) is 0 Å². The summed E-state index contributed by atoms with van der Waals surface area (Å²) in [5.41, 5.74) is 0.900. The predicted molar refractivity (Wildman–Crippen MR) is 70.6 cm³/mol. The van der Waals surface area contributed by atoms with Crippen molar-refractivity contribution >= 4 is 12.4 Å². The van der Waals surface area contributed by atoms with Crippen LogP contribution in [0.3, 0.4) is 0 Å². The first-order chi connectivity index (χ1) is 9.36. The van der Waals surface area contributed by atoms with Crippen LogP contribution in [-0.4, -0.2) is 6.98 Å². The number of benzene rings is 2. The topological polar surface area (TPSA) is 9.23 Å². The van der Waals surface area contributed by atoms with E-state index in [2.05, 4.69) is 0 Å². The highest BCUT2D eigenvalue weighted by Gasteiger charge is 2.26. The zero-order chi connectivity index (χ0) is 14.8. The Morgan fingerprint density at radius 1 is 1.05 bits per heavy atom. The Morgan fingerprint density at radius 2 is 1.80 bits per heavy atom. The van der Waals surface area contributed by atoms with E-state index in [1.54, 1.807) is 12.1 Å². The normalized spacial score (nSPS) is 11.4. The van der Waals surface area contributed by atoms with Crippen LogP contribution in [0.2, 0.25) is 0 Å².